The van der Waals surface area contributed by atoms with Gasteiger partial charge >= 0.3 is 0 Å². The van der Waals surface area contributed by atoms with E-state index in [0.29, 0.717) is 11.5 Å². The third-order valence-corrected chi connectivity index (χ3v) is 7.45. The maximum atomic E-state index is 12.1. The lowest BCUT2D eigenvalue weighted by molar-refractivity contribution is 0.174. The Bertz CT molecular complexity index is 1350. The van der Waals surface area contributed by atoms with Crippen molar-refractivity contribution in [2.24, 2.45) is 0 Å². The van der Waals surface area contributed by atoms with Gasteiger partial charge in [-0.3, -0.25) is 14.4 Å². The van der Waals surface area contributed by atoms with Gasteiger partial charge in [0.2, 0.25) is 0 Å². The fourth-order valence-corrected chi connectivity index (χ4v) is 5.96. The van der Waals surface area contributed by atoms with E-state index in [2.05, 4.69) is 34.8 Å². The number of sulfone groups is 1. The number of anilines is 2. The van der Waals surface area contributed by atoms with Gasteiger partial charge in [0.25, 0.3) is 0 Å². The van der Waals surface area contributed by atoms with E-state index in [-0.39, 0.29) is 11.8 Å². The highest BCUT2D eigenvalue weighted by atomic mass is 32.2. The largest absolute Gasteiger partial charge is 0.328 e. The maximum Gasteiger partial charge on any atom is 0.180 e. The molecule has 0 bridgehead atoms. The summed E-state index contributed by atoms with van der Waals surface area (Å²) in [4.78, 5) is 11.5. The summed E-state index contributed by atoms with van der Waals surface area (Å²) in [6, 6.07) is 1.70. The second kappa shape index (κ2) is 8.84. The molecule has 0 saturated carbocycles. The number of hydrogen-bond acceptors (Lipinski definition) is 9. The minimum atomic E-state index is -3.15. The second-order valence-corrected chi connectivity index (χ2v) is 11.5. The van der Waals surface area contributed by atoms with Crippen LogP contribution >= 0.6 is 11.5 Å². The van der Waals surface area contributed by atoms with Gasteiger partial charge in [-0.05, 0) is 50.5 Å². The van der Waals surface area contributed by atoms with Crippen molar-refractivity contribution in [1.82, 2.24) is 33.8 Å². The Morgan fingerprint density at radius 1 is 1.24 bits per heavy atom. The van der Waals surface area contributed by atoms with Gasteiger partial charge in [-0.1, -0.05) is 6.42 Å². The Labute approximate surface area is 196 Å². The highest BCUT2D eigenvalue weighted by Crippen LogP contribution is 2.32. The van der Waals surface area contributed by atoms with Crippen LogP contribution in [0.5, 0.6) is 0 Å². The molecule has 10 nitrogen and oxygen atoms in total. The van der Waals surface area contributed by atoms with E-state index in [0.717, 1.165) is 53.6 Å². The zero-order valence-corrected chi connectivity index (χ0v) is 20.2. The van der Waals surface area contributed by atoms with Crippen LogP contribution in [0.15, 0.2) is 30.9 Å². The fourth-order valence-electron chi connectivity index (χ4n) is 4.31. The lowest BCUT2D eigenvalue weighted by atomic mass is 10.1. The molecular weight excluding hydrogens is 460 g/mol. The van der Waals surface area contributed by atoms with Gasteiger partial charge in [-0.2, -0.15) is 9.47 Å². The molecule has 1 aliphatic heterocycles. The van der Waals surface area contributed by atoms with Gasteiger partial charge in [0.1, 0.15) is 14.8 Å². The molecule has 4 aromatic heterocycles. The van der Waals surface area contributed by atoms with Crippen LogP contribution in [-0.2, 0) is 9.84 Å². The molecule has 12 heteroatoms. The predicted molar refractivity (Wildman–Crippen MR) is 129 cm³/mol. The molecule has 1 unspecified atom stereocenters. The number of imidazole rings is 1. The van der Waals surface area contributed by atoms with Crippen LogP contribution in [0.2, 0.25) is 0 Å². The predicted octanol–water partition coefficient (Wildman–Crippen LogP) is 3.20. The van der Waals surface area contributed by atoms with E-state index in [1.807, 2.05) is 29.8 Å². The first kappa shape index (κ1) is 22.0. The third-order valence-electron chi connectivity index (χ3n) is 5.81. The highest BCUT2D eigenvalue weighted by Gasteiger charge is 2.28. The Balaban J connectivity index is 1.45. The summed E-state index contributed by atoms with van der Waals surface area (Å²) < 4.78 is 30.9. The summed E-state index contributed by atoms with van der Waals surface area (Å²) in [5.74, 6) is 0.690. The van der Waals surface area contributed by atoms with Crippen LogP contribution in [-0.4, -0.2) is 67.4 Å². The van der Waals surface area contributed by atoms with E-state index in [9.17, 15) is 8.42 Å². The molecule has 1 atom stereocenters. The van der Waals surface area contributed by atoms with Crippen molar-refractivity contribution in [1.29, 1.82) is 0 Å². The number of aromatic amines is 1. The van der Waals surface area contributed by atoms with Gasteiger partial charge in [-0.25, -0.2) is 18.4 Å². The monoisotopic (exact) mass is 486 g/mol. The van der Waals surface area contributed by atoms with Gasteiger partial charge in [0.05, 0.1) is 41.3 Å². The Kier molecular flexibility index (Phi) is 5.89. The van der Waals surface area contributed by atoms with Crippen molar-refractivity contribution in [3.05, 3.63) is 42.2 Å². The van der Waals surface area contributed by atoms with E-state index in [1.54, 1.807) is 12.4 Å². The molecule has 1 saturated heterocycles. The Morgan fingerprint density at radius 3 is 2.79 bits per heavy atom. The quantitative estimate of drug-likeness (QED) is 0.408. The second-order valence-electron chi connectivity index (χ2n) is 8.50. The number of aromatic nitrogens is 6. The molecule has 5 rings (SSSR count). The van der Waals surface area contributed by atoms with Gasteiger partial charge in [0.15, 0.2) is 11.5 Å². The molecule has 174 valence electrons. The minimum absolute atomic E-state index is 0.0669. The molecule has 0 spiro atoms. The summed E-state index contributed by atoms with van der Waals surface area (Å²) >= 11 is 1.31. The number of aryl methyl sites for hydroxylation is 1. The maximum absolute atomic E-state index is 12.1. The van der Waals surface area contributed by atoms with Crippen molar-refractivity contribution in [3.8, 4) is 11.3 Å². The zero-order valence-electron chi connectivity index (χ0n) is 18.5. The molecule has 1 fully saturated rings. The Morgan fingerprint density at radius 2 is 2.06 bits per heavy atom. The van der Waals surface area contributed by atoms with Crippen molar-refractivity contribution < 1.29 is 8.42 Å². The lowest BCUT2D eigenvalue weighted by Crippen LogP contribution is -2.37. The number of piperidine rings is 1. The first-order valence-corrected chi connectivity index (χ1v) is 13.7. The van der Waals surface area contributed by atoms with Crippen molar-refractivity contribution >= 4 is 37.8 Å². The molecule has 0 radical (unpaired) electrons. The molecule has 0 aromatic carbocycles. The van der Waals surface area contributed by atoms with Gasteiger partial charge in [-0.15, -0.1) is 0 Å². The molecule has 33 heavy (non-hydrogen) atoms. The van der Waals surface area contributed by atoms with E-state index >= 15 is 0 Å². The van der Waals surface area contributed by atoms with Crippen molar-refractivity contribution in [2.75, 3.05) is 30.4 Å². The minimum Gasteiger partial charge on any atom is -0.328 e. The number of likely N-dealkylation sites (tertiary alicyclic amines) is 1. The summed E-state index contributed by atoms with van der Waals surface area (Å²) in [7, 11) is -3.15. The summed E-state index contributed by atoms with van der Waals surface area (Å²) in [6.45, 7) is 3.72. The molecule has 2 N–H and O–H groups in total. The summed E-state index contributed by atoms with van der Waals surface area (Å²) in [5, 5.41) is 11.0. The van der Waals surface area contributed by atoms with Crippen LogP contribution < -0.4 is 5.32 Å². The molecular formula is C21H26N8O2S2. The SMILES string of the molecule is Cc1cn2c(-c3cn[nH]c3)cnc2c(Nc2cc(C(CS(C)(=O)=O)N3CCCCC3)ns2)n1. The van der Waals surface area contributed by atoms with Gasteiger partial charge < -0.3 is 5.32 Å². The first-order valence-electron chi connectivity index (χ1n) is 10.9. The normalized spacial score (nSPS) is 16.3. The molecule has 0 aliphatic carbocycles. The van der Waals surface area contributed by atoms with E-state index in [4.69, 9.17) is 0 Å². The molecule has 4 aromatic rings. The number of nitrogens with zero attached hydrogens (tertiary/aromatic N) is 6. The van der Waals surface area contributed by atoms with Crippen LogP contribution in [0.25, 0.3) is 16.9 Å². The van der Waals surface area contributed by atoms with Crippen LogP contribution in [0.3, 0.4) is 0 Å². The zero-order chi connectivity index (χ0) is 23.0. The fraction of sp³-hybridized carbons (Fsp3) is 0.429. The standard InChI is InChI=1S/C21H26N8O2S2/c1-14-12-29-17(15-9-23-24-10-15)11-22-21(29)20(25-14)26-19-8-16(27-32-19)18(13-33(2,30)31)28-6-4-3-5-7-28/h8-12,18H,3-7,13H2,1-2H3,(H,23,24)(H,25,26). The van der Waals surface area contributed by atoms with E-state index in [1.165, 1.54) is 24.2 Å². The van der Waals surface area contributed by atoms with E-state index < -0.39 is 9.84 Å². The first-order chi connectivity index (χ1) is 15.9. The number of fused-ring (bicyclic) bond motifs is 1. The molecule has 1 aliphatic rings. The van der Waals surface area contributed by atoms with Crippen molar-refractivity contribution in [2.45, 2.75) is 32.2 Å². The Hall–Kier alpha value is -2.83. The van der Waals surface area contributed by atoms with Crippen LogP contribution in [0.4, 0.5) is 10.8 Å². The summed E-state index contributed by atoms with van der Waals surface area (Å²) in [5.41, 5.74) is 4.15. The number of H-pyrrole nitrogens is 1. The number of hydrogen-bond donors (Lipinski definition) is 2. The number of rotatable bonds is 7. The highest BCUT2D eigenvalue weighted by molar-refractivity contribution is 7.90. The summed E-state index contributed by atoms with van der Waals surface area (Å²) in [6.07, 6.45) is 12.0. The lowest BCUT2D eigenvalue weighted by Gasteiger charge is -2.33. The number of nitrogens with one attached hydrogen (secondary N) is 2. The topological polar surface area (TPSA) is 121 Å². The molecule has 5 heterocycles. The van der Waals surface area contributed by atoms with Crippen molar-refractivity contribution in [3.63, 3.8) is 0 Å². The van der Waals surface area contributed by atoms with Crippen LogP contribution in [0.1, 0.15) is 36.7 Å². The smallest absolute Gasteiger partial charge is 0.180 e. The molecule has 0 amide bonds. The third kappa shape index (κ3) is 4.77. The average molecular weight is 487 g/mol. The van der Waals surface area contributed by atoms with Gasteiger partial charge in [0, 0.05) is 24.2 Å². The average Bonchev–Trinajstić information content (AvgIpc) is 3.52. The van der Waals surface area contributed by atoms with Crippen LogP contribution in [0, 0.1) is 6.92 Å².